The van der Waals surface area contributed by atoms with Crippen LogP contribution in [0.15, 0.2) is 24.3 Å². The second kappa shape index (κ2) is 8.87. The van der Waals surface area contributed by atoms with Crippen LogP contribution in [-0.2, 0) is 4.74 Å². The summed E-state index contributed by atoms with van der Waals surface area (Å²) in [5.41, 5.74) is 0.150. The van der Waals surface area contributed by atoms with Gasteiger partial charge in [0.25, 0.3) is 0 Å². The van der Waals surface area contributed by atoms with Crippen molar-refractivity contribution in [3.05, 3.63) is 29.8 Å². The molecular weight excluding hydrogens is 370 g/mol. The first-order chi connectivity index (χ1) is 12.5. The molecule has 0 spiro atoms. The second-order valence-electron chi connectivity index (χ2n) is 10.3. The molecule has 1 aromatic carbocycles. The molecule has 0 aliphatic carbocycles. The lowest BCUT2D eigenvalue weighted by Crippen LogP contribution is -2.45. The highest BCUT2D eigenvalue weighted by Gasteiger charge is 2.39. The smallest absolute Gasteiger partial charge is 0.407 e. The van der Waals surface area contributed by atoms with Crippen molar-refractivity contribution >= 4 is 14.4 Å². The Labute approximate surface area is 172 Å². The monoisotopic (exact) mass is 409 g/mol. The van der Waals surface area contributed by atoms with Gasteiger partial charge in [-0.1, -0.05) is 46.8 Å². The molecular formula is C22H39NO4Si. The number of aliphatic hydroxyl groups excluding tert-OH is 1. The molecule has 0 heterocycles. The Morgan fingerprint density at radius 3 is 1.93 bits per heavy atom. The number of aliphatic hydroxyl groups is 1. The molecule has 5 nitrogen and oxygen atoms in total. The fraction of sp³-hybridized carbons (Fsp3) is 0.682. The second-order valence-corrected chi connectivity index (χ2v) is 15.0. The lowest BCUT2D eigenvalue weighted by Gasteiger charge is -2.36. The molecule has 160 valence electrons. The number of ether oxygens (including phenoxy) is 1. The summed E-state index contributed by atoms with van der Waals surface area (Å²) in [7, 11) is -1.91. The van der Waals surface area contributed by atoms with Crippen LogP contribution in [0.5, 0.6) is 5.75 Å². The van der Waals surface area contributed by atoms with E-state index in [1.54, 1.807) is 0 Å². The van der Waals surface area contributed by atoms with Crippen LogP contribution in [0.25, 0.3) is 0 Å². The summed E-state index contributed by atoms with van der Waals surface area (Å²) < 4.78 is 11.6. The van der Waals surface area contributed by atoms with Crippen molar-refractivity contribution in [2.24, 2.45) is 5.92 Å². The van der Waals surface area contributed by atoms with E-state index in [0.717, 1.165) is 11.3 Å². The molecule has 2 atom stereocenters. The number of nitrogens with one attached hydrogen (secondary N) is 1. The van der Waals surface area contributed by atoms with Crippen LogP contribution >= 0.6 is 0 Å². The maximum atomic E-state index is 12.2. The van der Waals surface area contributed by atoms with Crippen LogP contribution in [0.2, 0.25) is 18.1 Å². The molecule has 0 aliphatic rings. The summed E-state index contributed by atoms with van der Waals surface area (Å²) in [6.07, 6.45) is -1.36. The Hall–Kier alpha value is -1.53. The van der Waals surface area contributed by atoms with E-state index in [1.165, 1.54) is 0 Å². The van der Waals surface area contributed by atoms with Crippen molar-refractivity contribution in [2.45, 2.75) is 91.3 Å². The molecule has 0 aliphatic heterocycles. The van der Waals surface area contributed by atoms with Crippen LogP contribution < -0.4 is 9.74 Å². The maximum absolute atomic E-state index is 12.2. The van der Waals surface area contributed by atoms with Gasteiger partial charge in [-0.3, -0.25) is 0 Å². The van der Waals surface area contributed by atoms with E-state index in [2.05, 4.69) is 39.2 Å². The average Bonchev–Trinajstić information content (AvgIpc) is 2.49. The number of rotatable bonds is 6. The van der Waals surface area contributed by atoms with E-state index >= 15 is 0 Å². The van der Waals surface area contributed by atoms with Crippen molar-refractivity contribution in [1.29, 1.82) is 0 Å². The lowest BCUT2D eigenvalue weighted by molar-refractivity contribution is 0.0374. The summed E-state index contributed by atoms with van der Waals surface area (Å²) >= 11 is 0. The van der Waals surface area contributed by atoms with Crippen LogP contribution in [-0.4, -0.2) is 31.2 Å². The van der Waals surface area contributed by atoms with Gasteiger partial charge in [-0.15, -0.1) is 0 Å². The van der Waals surface area contributed by atoms with Gasteiger partial charge in [-0.2, -0.15) is 0 Å². The number of hydrogen-bond acceptors (Lipinski definition) is 4. The summed E-state index contributed by atoms with van der Waals surface area (Å²) in [5.74, 6) is 0.842. The molecule has 0 fully saturated rings. The average molecular weight is 410 g/mol. The summed E-state index contributed by atoms with van der Waals surface area (Å²) in [6.45, 7) is 20.4. The van der Waals surface area contributed by atoms with Gasteiger partial charge in [0.1, 0.15) is 11.4 Å². The van der Waals surface area contributed by atoms with Crippen LogP contribution in [0.3, 0.4) is 0 Å². The number of amides is 1. The van der Waals surface area contributed by atoms with Crippen molar-refractivity contribution in [3.63, 3.8) is 0 Å². The molecule has 0 radical (unpaired) electrons. The molecule has 1 aromatic rings. The van der Waals surface area contributed by atoms with Gasteiger partial charge in [0, 0.05) is 0 Å². The molecule has 2 N–H and O–H groups in total. The third-order valence-electron chi connectivity index (χ3n) is 5.14. The van der Waals surface area contributed by atoms with Gasteiger partial charge < -0.3 is 19.6 Å². The van der Waals surface area contributed by atoms with Crippen molar-refractivity contribution in [3.8, 4) is 5.75 Å². The Balaban J connectivity index is 2.91. The molecule has 28 heavy (non-hydrogen) atoms. The minimum atomic E-state index is -1.91. The number of carbonyl (C=O) groups is 1. The van der Waals surface area contributed by atoms with Gasteiger partial charge in [-0.25, -0.2) is 4.79 Å². The molecule has 0 saturated heterocycles. The zero-order valence-electron chi connectivity index (χ0n) is 19.2. The fourth-order valence-corrected chi connectivity index (χ4v) is 3.47. The SMILES string of the molecule is CC(C)[C@H](NC(=O)OC(C)(C)C)[C@H](O)c1ccc(O[Si](C)(C)C(C)(C)C)cc1. The van der Waals surface area contributed by atoms with Gasteiger partial charge in [0.05, 0.1) is 12.1 Å². The summed E-state index contributed by atoms with van der Waals surface area (Å²) in [5, 5.41) is 13.8. The summed E-state index contributed by atoms with van der Waals surface area (Å²) in [4.78, 5) is 12.2. The van der Waals surface area contributed by atoms with E-state index < -0.39 is 32.2 Å². The van der Waals surface area contributed by atoms with Crippen molar-refractivity contribution in [1.82, 2.24) is 5.32 Å². The zero-order valence-corrected chi connectivity index (χ0v) is 20.2. The minimum Gasteiger partial charge on any atom is -0.544 e. The van der Waals surface area contributed by atoms with E-state index in [1.807, 2.05) is 58.9 Å². The number of hydrogen-bond donors (Lipinski definition) is 2. The largest absolute Gasteiger partial charge is 0.544 e. The number of benzene rings is 1. The third-order valence-corrected chi connectivity index (χ3v) is 9.50. The Morgan fingerprint density at radius 1 is 1.04 bits per heavy atom. The van der Waals surface area contributed by atoms with Crippen LogP contribution in [0.1, 0.15) is 67.1 Å². The maximum Gasteiger partial charge on any atom is 0.407 e. The first-order valence-electron chi connectivity index (χ1n) is 10.00. The van der Waals surface area contributed by atoms with Crippen molar-refractivity contribution in [2.75, 3.05) is 0 Å². The lowest BCUT2D eigenvalue weighted by atomic mass is 9.93. The van der Waals surface area contributed by atoms with Gasteiger partial charge in [-0.05, 0) is 62.5 Å². The predicted octanol–water partition coefficient (Wildman–Crippen LogP) is 5.65. The van der Waals surface area contributed by atoms with E-state index in [0.29, 0.717) is 0 Å². The van der Waals surface area contributed by atoms with Crippen LogP contribution in [0.4, 0.5) is 4.79 Å². The Kier molecular flexibility index (Phi) is 7.76. The molecule has 1 rings (SSSR count). The van der Waals surface area contributed by atoms with Crippen molar-refractivity contribution < 1.29 is 19.1 Å². The van der Waals surface area contributed by atoms with Gasteiger partial charge in [0.15, 0.2) is 0 Å². The first-order valence-corrected chi connectivity index (χ1v) is 12.9. The van der Waals surface area contributed by atoms with E-state index in [4.69, 9.17) is 9.16 Å². The molecule has 0 saturated carbocycles. The highest BCUT2D eigenvalue weighted by atomic mass is 28.4. The standard InChI is InChI=1S/C22H39NO4Si/c1-15(2)18(23-20(25)26-21(3,4)5)19(24)16-11-13-17(14-12-16)27-28(9,10)22(6,7)8/h11-15,18-19,24H,1-10H3,(H,23,25)/t18-,19+/m0/s1. The van der Waals surface area contributed by atoms with E-state index in [-0.39, 0.29) is 11.0 Å². The highest BCUT2D eigenvalue weighted by molar-refractivity contribution is 6.74. The fourth-order valence-electron chi connectivity index (χ4n) is 2.44. The quantitative estimate of drug-likeness (QED) is 0.595. The molecule has 0 aromatic heterocycles. The minimum absolute atomic E-state index is 0.0330. The van der Waals surface area contributed by atoms with Gasteiger partial charge in [0.2, 0.25) is 8.32 Å². The third kappa shape index (κ3) is 7.13. The molecule has 0 bridgehead atoms. The Bertz CT molecular complexity index is 642. The summed E-state index contributed by atoms with van der Waals surface area (Å²) in [6, 6.07) is 7.05. The molecule has 1 amide bonds. The normalized spacial score (nSPS) is 15.1. The Morgan fingerprint density at radius 2 is 1.54 bits per heavy atom. The van der Waals surface area contributed by atoms with Crippen LogP contribution in [0, 0.1) is 5.92 Å². The van der Waals surface area contributed by atoms with Gasteiger partial charge >= 0.3 is 6.09 Å². The predicted molar refractivity (Wildman–Crippen MR) is 117 cm³/mol. The number of carbonyl (C=O) groups excluding carboxylic acids is 1. The topological polar surface area (TPSA) is 67.8 Å². The number of alkyl carbamates (subject to hydrolysis) is 1. The molecule has 0 unspecified atom stereocenters. The highest BCUT2D eigenvalue weighted by Crippen LogP contribution is 2.37. The van der Waals surface area contributed by atoms with E-state index in [9.17, 15) is 9.90 Å². The first kappa shape index (κ1) is 24.5. The zero-order chi connectivity index (χ0) is 21.9. The molecule has 6 heteroatoms.